The van der Waals surface area contributed by atoms with Crippen LogP contribution in [-0.4, -0.2) is 67.5 Å². The molecule has 1 aliphatic heterocycles. The fourth-order valence-electron chi connectivity index (χ4n) is 5.19. The van der Waals surface area contributed by atoms with Crippen molar-refractivity contribution in [3.63, 3.8) is 0 Å². The van der Waals surface area contributed by atoms with Crippen molar-refractivity contribution in [3.05, 3.63) is 89.5 Å². The molecule has 10 heteroatoms. The molecule has 5 aromatic rings. The number of piperazine rings is 1. The lowest BCUT2D eigenvalue weighted by atomic mass is 10.1. The van der Waals surface area contributed by atoms with Crippen molar-refractivity contribution in [2.45, 2.75) is 26.0 Å². The van der Waals surface area contributed by atoms with E-state index in [-0.39, 0.29) is 12.1 Å². The van der Waals surface area contributed by atoms with Crippen molar-refractivity contribution in [2.75, 3.05) is 43.4 Å². The maximum absolute atomic E-state index is 13.3. The molecule has 0 saturated carbocycles. The van der Waals surface area contributed by atoms with Crippen molar-refractivity contribution >= 4 is 39.1 Å². The van der Waals surface area contributed by atoms with Gasteiger partial charge in [0, 0.05) is 43.8 Å². The minimum Gasteiger partial charge on any atom is -0.384 e. The number of fused-ring (bicyclic) bond motifs is 2. The second-order valence-corrected chi connectivity index (χ2v) is 11.0. The Balaban J connectivity index is 1.35. The average molecular weight is 551 g/mol. The highest BCUT2D eigenvalue weighted by Crippen LogP contribution is 2.27. The Morgan fingerprint density at radius 3 is 2.54 bits per heavy atom. The molecule has 10 nitrogen and oxygen atoms in total. The highest BCUT2D eigenvalue weighted by atomic mass is 16.3. The molecule has 2 N–H and O–H groups in total. The van der Waals surface area contributed by atoms with Crippen molar-refractivity contribution in [1.29, 1.82) is 0 Å². The van der Waals surface area contributed by atoms with Crippen LogP contribution in [0.5, 0.6) is 0 Å². The lowest BCUT2D eigenvalue weighted by Crippen LogP contribution is -2.44. The Bertz CT molecular complexity index is 1810. The van der Waals surface area contributed by atoms with Gasteiger partial charge >= 0.3 is 0 Å². The largest absolute Gasteiger partial charge is 0.384 e. The molecule has 0 spiro atoms. The van der Waals surface area contributed by atoms with E-state index in [1.807, 2.05) is 6.07 Å². The molecule has 210 valence electrons. The molecule has 0 aliphatic carbocycles. The molecule has 0 atom stereocenters. The Morgan fingerprint density at radius 1 is 1.02 bits per heavy atom. The zero-order valence-corrected chi connectivity index (χ0v) is 23.6. The lowest BCUT2D eigenvalue weighted by Gasteiger charge is -2.34. The molecule has 4 heterocycles. The first-order valence-corrected chi connectivity index (χ1v) is 13.8. The summed E-state index contributed by atoms with van der Waals surface area (Å²) in [5.41, 5.74) is 1.58. The van der Waals surface area contributed by atoms with Crippen LogP contribution < -0.4 is 15.8 Å². The number of aromatic nitrogens is 5. The number of rotatable bonds is 7. The molecule has 6 rings (SSSR count). The standard InChI is InChI=1S/C31H34N8O2/c1-5-13-38-29(40)25-20-32-30(35-28(25)39(38)27-8-6-7-26(34-27)31(2,3)41)33-23-11-9-22-19-24(12-10-21(22)18-23)37-16-14-36(4)15-17-37/h5-12,18-20,41H,1,13-17H2,2-4H3,(H,32,33,35). The normalized spacial score (nSPS) is 14.6. The van der Waals surface area contributed by atoms with Crippen LogP contribution >= 0.6 is 0 Å². The molecule has 0 radical (unpaired) electrons. The summed E-state index contributed by atoms with van der Waals surface area (Å²) >= 11 is 0. The summed E-state index contributed by atoms with van der Waals surface area (Å²) < 4.78 is 3.17. The van der Waals surface area contributed by atoms with E-state index in [1.54, 1.807) is 42.8 Å². The van der Waals surface area contributed by atoms with Crippen molar-refractivity contribution in [1.82, 2.24) is 29.2 Å². The average Bonchev–Trinajstić information content (AvgIpc) is 3.23. The van der Waals surface area contributed by atoms with Gasteiger partial charge in [-0.3, -0.25) is 4.79 Å². The van der Waals surface area contributed by atoms with Gasteiger partial charge in [-0.05, 0) is 68.1 Å². The first-order valence-electron chi connectivity index (χ1n) is 13.8. The van der Waals surface area contributed by atoms with Gasteiger partial charge in [0.2, 0.25) is 5.95 Å². The Kier molecular flexibility index (Phi) is 6.80. The van der Waals surface area contributed by atoms with E-state index in [2.05, 4.69) is 69.0 Å². The zero-order chi connectivity index (χ0) is 28.7. The third kappa shape index (κ3) is 5.19. The third-order valence-electron chi connectivity index (χ3n) is 7.50. The highest BCUT2D eigenvalue weighted by Gasteiger charge is 2.22. The molecule has 0 bridgehead atoms. The highest BCUT2D eigenvalue weighted by molar-refractivity contribution is 5.89. The molecule has 41 heavy (non-hydrogen) atoms. The van der Waals surface area contributed by atoms with E-state index in [9.17, 15) is 9.90 Å². The number of pyridine rings is 1. The first-order chi connectivity index (χ1) is 19.7. The summed E-state index contributed by atoms with van der Waals surface area (Å²) in [6.07, 6.45) is 3.18. The van der Waals surface area contributed by atoms with Crippen molar-refractivity contribution in [2.24, 2.45) is 0 Å². The minimum absolute atomic E-state index is 0.247. The molecule has 3 aromatic heterocycles. The second-order valence-electron chi connectivity index (χ2n) is 11.0. The topological polar surface area (TPSA) is 104 Å². The number of hydrogen-bond acceptors (Lipinski definition) is 8. The molecular formula is C31H34N8O2. The van der Waals surface area contributed by atoms with Gasteiger partial charge in [-0.1, -0.05) is 24.3 Å². The second kappa shape index (κ2) is 10.5. The summed E-state index contributed by atoms with van der Waals surface area (Å²) in [7, 11) is 2.16. The quantitative estimate of drug-likeness (QED) is 0.293. The van der Waals surface area contributed by atoms with Crippen LogP contribution in [0.3, 0.4) is 0 Å². The summed E-state index contributed by atoms with van der Waals surface area (Å²) in [5, 5.41) is 16.5. The van der Waals surface area contributed by atoms with Crippen molar-refractivity contribution in [3.8, 4) is 5.82 Å². The van der Waals surface area contributed by atoms with Crippen LogP contribution in [0.25, 0.3) is 27.6 Å². The molecular weight excluding hydrogens is 516 g/mol. The van der Waals surface area contributed by atoms with Gasteiger partial charge in [0.25, 0.3) is 5.56 Å². The van der Waals surface area contributed by atoms with E-state index >= 15 is 0 Å². The zero-order valence-electron chi connectivity index (χ0n) is 23.6. The van der Waals surface area contributed by atoms with Gasteiger partial charge in [-0.2, -0.15) is 4.98 Å². The minimum atomic E-state index is -1.15. The van der Waals surface area contributed by atoms with Crippen LogP contribution in [0.15, 0.2) is 78.2 Å². The SMILES string of the molecule is C=CCn1c(=O)c2cnc(Nc3ccc4cc(N5CCN(C)CC5)ccc4c3)nc2n1-c1cccc(C(C)(C)O)n1. The number of nitrogens with zero attached hydrogens (tertiary/aromatic N) is 7. The number of likely N-dealkylation sites (N-methyl/N-ethyl adjacent to an activating group) is 1. The summed E-state index contributed by atoms with van der Waals surface area (Å²) in [4.78, 5) is 31.9. The van der Waals surface area contributed by atoms with E-state index in [4.69, 9.17) is 4.98 Å². The Labute approximate surface area is 238 Å². The van der Waals surface area contributed by atoms with Crippen LogP contribution in [0.1, 0.15) is 19.5 Å². The molecule has 1 fully saturated rings. The van der Waals surface area contributed by atoms with Crippen LogP contribution in [0.4, 0.5) is 17.3 Å². The number of nitrogens with one attached hydrogen (secondary N) is 1. The maximum Gasteiger partial charge on any atom is 0.278 e. The van der Waals surface area contributed by atoms with Crippen LogP contribution in [0.2, 0.25) is 0 Å². The lowest BCUT2D eigenvalue weighted by molar-refractivity contribution is 0.0738. The van der Waals surface area contributed by atoms with Gasteiger partial charge < -0.3 is 20.2 Å². The summed E-state index contributed by atoms with van der Waals surface area (Å²) in [6.45, 7) is 11.6. The van der Waals surface area contributed by atoms with Gasteiger partial charge in [-0.25, -0.2) is 19.3 Å². The number of allylic oxidation sites excluding steroid dienone is 1. The van der Waals surface area contributed by atoms with E-state index in [1.165, 1.54) is 16.6 Å². The van der Waals surface area contributed by atoms with Gasteiger partial charge in [0.1, 0.15) is 11.0 Å². The van der Waals surface area contributed by atoms with E-state index < -0.39 is 5.60 Å². The summed E-state index contributed by atoms with van der Waals surface area (Å²) in [6, 6.07) is 18.1. The predicted octanol–water partition coefficient (Wildman–Crippen LogP) is 4.04. The monoisotopic (exact) mass is 550 g/mol. The fraction of sp³-hybridized carbons (Fsp3) is 0.290. The van der Waals surface area contributed by atoms with Crippen LogP contribution in [-0.2, 0) is 12.1 Å². The number of hydrogen-bond donors (Lipinski definition) is 2. The molecule has 0 unspecified atom stereocenters. The van der Waals surface area contributed by atoms with Crippen LogP contribution in [0, 0.1) is 0 Å². The number of anilines is 3. The first kappa shape index (κ1) is 26.7. The molecule has 1 saturated heterocycles. The predicted molar refractivity (Wildman–Crippen MR) is 163 cm³/mol. The summed E-state index contributed by atoms with van der Waals surface area (Å²) in [5.74, 6) is 0.819. The van der Waals surface area contributed by atoms with Gasteiger partial charge in [0.05, 0.1) is 12.2 Å². The molecule has 0 amide bonds. The Hall–Kier alpha value is -4.54. The third-order valence-corrected chi connectivity index (χ3v) is 7.50. The Morgan fingerprint density at radius 2 is 1.78 bits per heavy atom. The van der Waals surface area contributed by atoms with Gasteiger partial charge in [0.15, 0.2) is 11.5 Å². The van der Waals surface area contributed by atoms with E-state index in [0.717, 1.165) is 42.6 Å². The van der Waals surface area contributed by atoms with Gasteiger partial charge in [-0.15, -0.1) is 6.58 Å². The number of aliphatic hydroxyl groups is 1. The van der Waals surface area contributed by atoms with E-state index in [0.29, 0.717) is 28.5 Å². The number of benzene rings is 2. The smallest absolute Gasteiger partial charge is 0.278 e. The molecule has 1 aliphatic rings. The maximum atomic E-state index is 13.3. The van der Waals surface area contributed by atoms with Crippen molar-refractivity contribution < 1.29 is 5.11 Å². The molecule has 2 aromatic carbocycles. The fourth-order valence-corrected chi connectivity index (χ4v) is 5.19.